The number of likely N-dealkylation sites (N-methyl/N-ethyl adjacent to an activating group) is 1. The monoisotopic (exact) mass is 742 g/mol. The van der Waals surface area contributed by atoms with Crippen molar-refractivity contribution in [2.45, 2.75) is 154 Å². The molecule has 0 aromatic rings. The van der Waals surface area contributed by atoms with E-state index in [4.69, 9.17) is 14.2 Å². The Morgan fingerprint density at radius 1 is 0.566 bits per heavy atom. The van der Waals surface area contributed by atoms with Crippen molar-refractivity contribution in [3.8, 4) is 0 Å². The van der Waals surface area contributed by atoms with Gasteiger partial charge in [0.15, 0.2) is 6.10 Å². The van der Waals surface area contributed by atoms with Crippen LogP contribution in [0.3, 0.4) is 0 Å². The molecule has 0 aromatic carbocycles. The highest BCUT2D eigenvalue weighted by Crippen LogP contribution is 2.10. The number of carboxylic acids is 1. The zero-order valence-electron chi connectivity index (χ0n) is 34.2. The summed E-state index contributed by atoms with van der Waals surface area (Å²) in [6.45, 7) is 4.47. The molecular formula is C45H75NO7. The van der Waals surface area contributed by atoms with E-state index >= 15 is 0 Å². The van der Waals surface area contributed by atoms with E-state index in [0.29, 0.717) is 12.8 Å². The molecule has 0 rings (SSSR count). The first kappa shape index (κ1) is 49.8. The Kier molecular flexibility index (Phi) is 33.6. The average molecular weight is 742 g/mol. The molecule has 8 heteroatoms. The number of rotatable bonds is 35. The molecule has 0 N–H and O–H groups in total. The van der Waals surface area contributed by atoms with Gasteiger partial charge in [-0.05, 0) is 77.0 Å². The van der Waals surface area contributed by atoms with Crippen molar-refractivity contribution >= 4 is 17.9 Å². The molecule has 0 bridgehead atoms. The minimum atomic E-state index is -1.14. The molecule has 0 aliphatic carbocycles. The van der Waals surface area contributed by atoms with E-state index in [1.54, 1.807) is 21.1 Å². The molecule has 0 amide bonds. The van der Waals surface area contributed by atoms with Gasteiger partial charge >= 0.3 is 11.9 Å². The standard InChI is InChI=1S/C45H75NO7/c1-6-8-10-12-14-16-17-18-19-20-21-22-23-24-25-26-27-28-30-31-33-35-43(47)52-40-41(39-51-38-37-42(45(49)50)46(3,4)5)53-44(48)36-34-32-29-15-13-11-9-7-2/h14,16,18-19,21-22,24-25,27-29,32,41-42H,6-13,15,17,20,23,26,30-31,33-40H2,1-5H3/b16-14+,19-18+,22-21+,25-24+,28-27+,32-29+. The third kappa shape index (κ3) is 34.3. The van der Waals surface area contributed by atoms with Crippen molar-refractivity contribution < 1.29 is 38.2 Å². The average Bonchev–Trinajstić information content (AvgIpc) is 3.11. The molecule has 0 fully saturated rings. The predicted octanol–water partition coefficient (Wildman–Crippen LogP) is 9.46. The number of carboxylic acid groups (broad SMARTS) is 1. The molecule has 0 heterocycles. The zero-order chi connectivity index (χ0) is 39.3. The molecule has 0 radical (unpaired) electrons. The quantitative estimate of drug-likeness (QED) is 0.0276. The van der Waals surface area contributed by atoms with Gasteiger partial charge in [0.1, 0.15) is 12.6 Å². The Morgan fingerprint density at radius 2 is 1.04 bits per heavy atom. The molecule has 0 aromatic heterocycles. The van der Waals surface area contributed by atoms with Gasteiger partial charge in [0.25, 0.3) is 0 Å². The lowest BCUT2D eigenvalue weighted by Crippen LogP contribution is -2.55. The van der Waals surface area contributed by atoms with Crippen LogP contribution in [0, 0.1) is 0 Å². The molecule has 2 atom stereocenters. The number of hydrogen-bond acceptors (Lipinski definition) is 7. The number of aliphatic carboxylic acids is 1. The summed E-state index contributed by atoms with van der Waals surface area (Å²) in [5.74, 6) is -1.87. The molecule has 0 aliphatic rings. The molecule has 0 aliphatic heterocycles. The Morgan fingerprint density at radius 3 is 1.57 bits per heavy atom. The minimum absolute atomic E-state index is 0.00737. The maximum Gasteiger partial charge on any atom is 0.306 e. The zero-order valence-corrected chi connectivity index (χ0v) is 34.2. The van der Waals surface area contributed by atoms with Gasteiger partial charge in [-0.15, -0.1) is 0 Å². The van der Waals surface area contributed by atoms with E-state index in [0.717, 1.165) is 51.4 Å². The number of esters is 2. The summed E-state index contributed by atoms with van der Waals surface area (Å²) in [6.07, 6.45) is 43.9. The highest BCUT2D eigenvalue weighted by Gasteiger charge is 2.25. The van der Waals surface area contributed by atoms with Gasteiger partial charge in [-0.25, -0.2) is 0 Å². The van der Waals surface area contributed by atoms with Crippen LogP contribution in [-0.2, 0) is 28.6 Å². The molecule has 8 nitrogen and oxygen atoms in total. The number of ether oxygens (including phenoxy) is 3. The highest BCUT2D eigenvalue weighted by atomic mass is 16.6. The van der Waals surface area contributed by atoms with E-state index < -0.39 is 18.1 Å². The number of unbranched alkanes of at least 4 members (excludes halogenated alkanes) is 9. The third-order valence-electron chi connectivity index (χ3n) is 8.58. The smallest absolute Gasteiger partial charge is 0.306 e. The SMILES string of the molecule is CCCCC/C=C/C/C=C/C/C=C/C/C=C/C/C=C/CCCCC(=O)OCC(COCCC(C(=O)[O-])[N+](C)(C)C)OC(=O)CC/C=C/CCCCCC. The van der Waals surface area contributed by atoms with Crippen LogP contribution in [0.15, 0.2) is 72.9 Å². The summed E-state index contributed by atoms with van der Waals surface area (Å²) in [5, 5.41) is 11.6. The summed E-state index contributed by atoms with van der Waals surface area (Å²) < 4.78 is 17.0. The second kappa shape index (κ2) is 35.8. The van der Waals surface area contributed by atoms with Crippen molar-refractivity contribution in [2.75, 3.05) is 41.0 Å². The lowest BCUT2D eigenvalue weighted by atomic mass is 10.1. The summed E-state index contributed by atoms with van der Waals surface area (Å²) in [4.78, 5) is 36.6. The van der Waals surface area contributed by atoms with Gasteiger partial charge in [-0.2, -0.15) is 0 Å². The van der Waals surface area contributed by atoms with E-state index in [1.807, 2.05) is 6.08 Å². The fourth-order valence-electron chi connectivity index (χ4n) is 5.34. The maximum atomic E-state index is 12.5. The molecule has 2 unspecified atom stereocenters. The lowest BCUT2D eigenvalue weighted by Gasteiger charge is -2.34. The molecule has 0 saturated carbocycles. The van der Waals surface area contributed by atoms with E-state index in [-0.39, 0.29) is 55.5 Å². The normalized spacial score (nSPS) is 13.8. The second-order valence-corrected chi connectivity index (χ2v) is 14.5. The van der Waals surface area contributed by atoms with E-state index in [2.05, 4.69) is 80.7 Å². The third-order valence-corrected chi connectivity index (χ3v) is 8.58. The van der Waals surface area contributed by atoms with Crippen LogP contribution in [0.2, 0.25) is 0 Å². The fourth-order valence-corrected chi connectivity index (χ4v) is 5.34. The van der Waals surface area contributed by atoms with Gasteiger partial charge in [0.05, 0.1) is 40.3 Å². The fraction of sp³-hybridized carbons (Fsp3) is 0.667. The van der Waals surface area contributed by atoms with Crippen molar-refractivity contribution in [3.05, 3.63) is 72.9 Å². The summed E-state index contributed by atoms with van der Waals surface area (Å²) in [5.41, 5.74) is 0. The summed E-state index contributed by atoms with van der Waals surface area (Å²) >= 11 is 0. The number of nitrogens with zero attached hydrogens (tertiary/aromatic N) is 1. The molecule has 0 saturated heterocycles. The van der Waals surface area contributed by atoms with Gasteiger partial charge in [-0.1, -0.05) is 119 Å². The van der Waals surface area contributed by atoms with Crippen molar-refractivity contribution in [1.82, 2.24) is 0 Å². The van der Waals surface area contributed by atoms with Gasteiger partial charge in [-0.3, -0.25) is 9.59 Å². The Hall–Kier alpha value is -3.23. The Bertz CT molecular complexity index is 1100. The minimum Gasteiger partial charge on any atom is -0.544 e. The number of allylic oxidation sites excluding steroid dienone is 12. The lowest BCUT2D eigenvalue weighted by molar-refractivity contribution is -0.889. The largest absolute Gasteiger partial charge is 0.544 e. The van der Waals surface area contributed by atoms with Gasteiger partial charge in [0, 0.05) is 19.3 Å². The van der Waals surface area contributed by atoms with Crippen LogP contribution in [0.4, 0.5) is 0 Å². The molecular weight excluding hydrogens is 666 g/mol. The van der Waals surface area contributed by atoms with Crippen molar-refractivity contribution in [1.29, 1.82) is 0 Å². The summed E-state index contributed by atoms with van der Waals surface area (Å²) in [6, 6.07) is -0.739. The predicted molar refractivity (Wildman–Crippen MR) is 217 cm³/mol. The van der Waals surface area contributed by atoms with Crippen molar-refractivity contribution in [3.63, 3.8) is 0 Å². The Labute approximate surface area is 323 Å². The highest BCUT2D eigenvalue weighted by molar-refractivity contribution is 5.70. The number of carbonyl (C=O) groups excluding carboxylic acids is 3. The van der Waals surface area contributed by atoms with Crippen molar-refractivity contribution in [2.24, 2.45) is 0 Å². The molecule has 302 valence electrons. The Balaban J connectivity index is 4.40. The van der Waals surface area contributed by atoms with E-state index in [9.17, 15) is 19.5 Å². The number of carbonyl (C=O) groups is 3. The summed E-state index contributed by atoms with van der Waals surface area (Å²) in [7, 11) is 5.36. The number of quaternary nitrogens is 1. The van der Waals surface area contributed by atoms with Crippen LogP contribution in [0.1, 0.15) is 142 Å². The second-order valence-electron chi connectivity index (χ2n) is 14.5. The molecule has 53 heavy (non-hydrogen) atoms. The maximum absolute atomic E-state index is 12.5. The number of hydrogen-bond donors (Lipinski definition) is 0. The topological polar surface area (TPSA) is 102 Å². The van der Waals surface area contributed by atoms with Crippen LogP contribution in [0.5, 0.6) is 0 Å². The van der Waals surface area contributed by atoms with Crippen LogP contribution in [0.25, 0.3) is 0 Å². The first-order valence-corrected chi connectivity index (χ1v) is 20.5. The van der Waals surface area contributed by atoms with Crippen LogP contribution < -0.4 is 5.11 Å². The first-order chi connectivity index (χ1) is 25.6. The van der Waals surface area contributed by atoms with Gasteiger partial charge in [0.2, 0.25) is 0 Å². The van der Waals surface area contributed by atoms with Crippen LogP contribution >= 0.6 is 0 Å². The van der Waals surface area contributed by atoms with Gasteiger partial charge < -0.3 is 28.6 Å². The van der Waals surface area contributed by atoms with Crippen LogP contribution in [-0.4, -0.2) is 75.5 Å². The van der Waals surface area contributed by atoms with E-state index in [1.165, 1.54) is 44.9 Å². The first-order valence-electron chi connectivity index (χ1n) is 20.5. The molecule has 0 spiro atoms.